The van der Waals surface area contributed by atoms with Crippen LogP contribution in [0, 0.1) is 0 Å². The van der Waals surface area contributed by atoms with E-state index in [1.54, 1.807) is 12.0 Å². The molecule has 2 heterocycles. The van der Waals surface area contributed by atoms with Gasteiger partial charge in [-0.25, -0.2) is 0 Å². The van der Waals surface area contributed by atoms with Crippen LogP contribution in [0.2, 0.25) is 0 Å². The third-order valence-electron chi connectivity index (χ3n) is 5.28. The summed E-state index contributed by atoms with van der Waals surface area (Å²) in [7, 11) is 1.66. The number of amides is 1. The zero-order chi connectivity index (χ0) is 18.5. The van der Waals surface area contributed by atoms with Crippen LogP contribution in [0.1, 0.15) is 18.4 Å². The summed E-state index contributed by atoms with van der Waals surface area (Å²) >= 11 is 0. The summed E-state index contributed by atoms with van der Waals surface area (Å²) in [5.41, 5.74) is 1.23. The van der Waals surface area contributed by atoms with E-state index in [1.807, 2.05) is 17.0 Å². The SMILES string of the molecule is COc1ccc(CN2CCN(C(=O)CN3CCC[C@@H]3C(=O)O)CC2)cc1. The lowest BCUT2D eigenvalue weighted by Gasteiger charge is -2.35. The minimum absolute atomic E-state index is 0.0437. The zero-order valence-corrected chi connectivity index (χ0v) is 15.3. The summed E-state index contributed by atoms with van der Waals surface area (Å²) in [6.07, 6.45) is 1.48. The highest BCUT2D eigenvalue weighted by atomic mass is 16.5. The fraction of sp³-hybridized carbons (Fsp3) is 0.579. The highest BCUT2D eigenvalue weighted by molar-refractivity contribution is 5.80. The summed E-state index contributed by atoms with van der Waals surface area (Å²) in [5, 5.41) is 9.23. The monoisotopic (exact) mass is 361 g/mol. The maximum atomic E-state index is 12.5. The lowest BCUT2D eigenvalue weighted by Crippen LogP contribution is -2.51. The summed E-state index contributed by atoms with van der Waals surface area (Å²) < 4.78 is 5.18. The van der Waals surface area contributed by atoms with E-state index in [0.717, 1.165) is 31.8 Å². The molecule has 3 rings (SSSR count). The molecular weight excluding hydrogens is 334 g/mol. The number of rotatable bonds is 6. The number of carboxylic acid groups (broad SMARTS) is 1. The summed E-state index contributed by atoms with van der Waals surface area (Å²) in [4.78, 5) is 29.8. The molecule has 1 aromatic rings. The highest BCUT2D eigenvalue weighted by Crippen LogP contribution is 2.18. The van der Waals surface area contributed by atoms with Gasteiger partial charge in [-0.05, 0) is 37.1 Å². The molecule has 142 valence electrons. The first-order chi connectivity index (χ1) is 12.6. The van der Waals surface area contributed by atoms with Gasteiger partial charge in [0, 0.05) is 32.7 Å². The van der Waals surface area contributed by atoms with Gasteiger partial charge < -0.3 is 14.7 Å². The Balaban J connectivity index is 1.45. The number of aliphatic carboxylic acids is 1. The van der Waals surface area contributed by atoms with Gasteiger partial charge in [0.05, 0.1) is 13.7 Å². The van der Waals surface area contributed by atoms with E-state index in [1.165, 1.54) is 5.56 Å². The van der Waals surface area contributed by atoms with E-state index < -0.39 is 12.0 Å². The van der Waals surface area contributed by atoms with Crippen molar-refractivity contribution in [2.45, 2.75) is 25.4 Å². The van der Waals surface area contributed by atoms with Crippen LogP contribution in [-0.2, 0) is 16.1 Å². The summed E-state index contributed by atoms with van der Waals surface area (Å²) in [5.74, 6) is 0.0765. The summed E-state index contributed by atoms with van der Waals surface area (Å²) in [6, 6.07) is 7.55. The molecule has 0 saturated carbocycles. The van der Waals surface area contributed by atoms with E-state index in [0.29, 0.717) is 26.1 Å². The highest BCUT2D eigenvalue weighted by Gasteiger charge is 2.33. The van der Waals surface area contributed by atoms with Crippen molar-refractivity contribution < 1.29 is 19.4 Å². The van der Waals surface area contributed by atoms with Crippen LogP contribution in [0.4, 0.5) is 0 Å². The number of hydrogen-bond acceptors (Lipinski definition) is 5. The maximum Gasteiger partial charge on any atom is 0.320 e. The minimum atomic E-state index is -0.820. The molecule has 0 aliphatic carbocycles. The Morgan fingerprint density at radius 1 is 1.12 bits per heavy atom. The Morgan fingerprint density at radius 3 is 2.42 bits per heavy atom. The third kappa shape index (κ3) is 4.53. The number of hydrogen-bond donors (Lipinski definition) is 1. The van der Waals surface area contributed by atoms with Crippen LogP contribution in [0.5, 0.6) is 5.75 Å². The molecule has 2 aliphatic heterocycles. The Bertz CT molecular complexity index is 626. The molecule has 1 aromatic carbocycles. The van der Waals surface area contributed by atoms with Crippen molar-refractivity contribution in [1.29, 1.82) is 0 Å². The molecule has 0 radical (unpaired) electrons. The van der Waals surface area contributed by atoms with Gasteiger partial charge in [-0.15, -0.1) is 0 Å². The van der Waals surface area contributed by atoms with E-state index in [4.69, 9.17) is 4.74 Å². The van der Waals surface area contributed by atoms with Crippen molar-refractivity contribution in [2.24, 2.45) is 0 Å². The number of piperazine rings is 1. The second-order valence-electron chi connectivity index (χ2n) is 6.97. The van der Waals surface area contributed by atoms with E-state index >= 15 is 0 Å². The van der Waals surface area contributed by atoms with Crippen molar-refractivity contribution in [3.63, 3.8) is 0 Å². The van der Waals surface area contributed by atoms with Crippen molar-refractivity contribution in [3.8, 4) is 5.75 Å². The van der Waals surface area contributed by atoms with Gasteiger partial charge in [0.1, 0.15) is 11.8 Å². The fourth-order valence-corrected chi connectivity index (χ4v) is 3.71. The fourth-order valence-electron chi connectivity index (χ4n) is 3.71. The smallest absolute Gasteiger partial charge is 0.320 e. The topological polar surface area (TPSA) is 73.3 Å². The molecule has 0 aromatic heterocycles. The molecule has 0 bridgehead atoms. The maximum absolute atomic E-state index is 12.5. The van der Waals surface area contributed by atoms with E-state index in [-0.39, 0.29) is 12.5 Å². The van der Waals surface area contributed by atoms with Crippen LogP contribution < -0.4 is 4.74 Å². The van der Waals surface area contributed by atoms with Gasteiger partial charge in [-0.2, -0.15) is 0 Å². The van der Waals surface area contributed by atoms with Gasteiger partial charge in [0.25, 0.3) is 0 Å². The van der Waals surface area contributed by atoms with E-state index in [9.17, 15) is 14.7 Å². The quantitative estimate of drug-likeness (QED) is 0.811. The van der Waals surface area contributed by atoms with Gasteiger partial charge in [-0.1, -0.05) is 12.1 Å². The number of nitrogens with zero attached hydrogens (tertiary/aromatic N) is 3. The largest absolute Gasteiger partial charge is 0.497 e. The number of ether oxygens (including phenoxy) is 1. The van der Waals surface area contributed by atoms with Crippen LogP contribution in [0.25, 0.3) is 0 Å². The van der Waals surface area contributed by atoms with Crippen molar-refractivity contribution in [1.82, 2.24) is 14.7 Å². The molecule has 2 saturated heterocycles. The Morgan fingerprint density at radius 2 is 1.81 bits per heavy atom. The zero-order valence-electron chi connectivity index (χ0n) is 15.3. The number of methoxy groups -OCH3 is 1. The average molecular weight is 361 g/mol. The lowest BCUT2D eigenvalue weighted by molar-refractivity contribution is -0.143. The molecule has 0 unspecified atom stereocenters. The number of carbonyl (C=O) groups excluding carboxylic acids is 1. The average Bonchev–Trinajstić information content (AvgIpc) is 3.11. The van der Waals surface area contributed by atoms with Crippen molar-refractivity contribution in [3.05, 3.63) is 29.8 Å². The molecule has 1 atom stereocenters. The Hall–Kier alpha value is -2.12. The molecule has 2 fully saturated rings. The lowest BCUT2D eigenvalue weighted by atomic mass is 10.2. The normalized spacial score (nSPS) is 21.7. The van der Waals surface area contributed by atoms with Crippen LogP contribution in [0.15, 0.2) is 24.3 Å². The second kappa shape index (κ2) is 8.51. The molecular formula is C19H27N3O4. The van der Waals surface area contributed by atoms with Gasteiger partial charge in [0.15, 0.2) is 0 Å². The molecule has 1 amide bonds. The first-order valence-corrected chi connectivity index (χ1v) is 9.17. The van der Waals surface area contributed by atoms with Gasteiger partial charge in [-0.3, -0.25) is 19.4 Å². The Labute approximate surface area is 154 Å². The number of likely N-dealkylation sites (tertiary alicyclic amines) is 1. The van der Waals surface area contributed by atoms with Crippen LogP contribution in [0.3, 0.4) is 0 Å². The van der Waals surface area contributed by atoms with E-state index in [2.05, 4.69) is 17.0 Å². The molecule has 7 heteroatoms. The van der Waals surface area contributed by atoms with Crippen molar-refractivity contribution in [2.75, 3.05) is 46.4 Å². The van der Waals surface area contributed by atoms with Crippen LogP contribution >= 0.6 is 0 Å². The molecule has 0 spiro atoms. The van der Waals surface area contributed by atoms with Gasteiger partial charge in [0.2, 0.25) is 5.91 Å². The molecule has 1 N–H and O–H groups in total. The predicted molar refractivity (Wildman–Crippen MR) is 97.1 cm³/mol. The molecule has 7 nitrogen and oxygen atoms in total. The molecule has 2 aliphatic rings. The number of carboxylic acids is 1. The number of carbonyl (C=O) groups is 2. The summed E-state index contributed by atoms with van der Waals surface area (Å²) in [6.45, 7) is 4.83. The third-order valence-corrected chi connectivity index (χ3v) is 5.28. The number of benzene rings is 1. The first kappa shape index (κ1) is 18.7. The second-order valence-corrected chi connectivity index (χ2v) is 6.97. The predicted octanol–water partition coefficient (Wildman–Crippen LogP) is 0.888. The first-order valence-electron chi connectivity index (χ1n) is 9.17. The minimum Gasteiger partial charge on any atom is -0.497 e. The Kier molecular flexibility index (Phi) is 6.11. The van der Waals surface area contributed by atoms with Crippen molar-refractivity contribution >= 4 is 11.9 Å². The van der Waals surface area contributed by atoms with Gasteiger partial charge >= 0.3 is 5.97 Å². The standard InChI is InChI=1S/C19H27N3O4/c1-26-16-6-4-15(5-7-16)13-20-9-11-21(12-10-20)18(23)14-22-8-2-3-17(22)19(24)25/h4-7,17H,2-3,8-14H2,1H3,(H,24,25)/t17-/m1/s1. The van der Waals surface area contributed by atoms with Crippen LogP contribution in [-0.4, -0.2) is 84.1 Å². The molecule has 26 heavy (non-hydrogen) atoms.